The Bertz CT molecular complexity index is 865. The molecule has 0 bridgehead atoms. The molecule has 0 aliphatic carbocycles. The molecule has 3 aromatic rings. The van der Waals surface area contributed by atoms with E-state index in [2.05, 4.69) is 15.9 Å². The Hall–Kier alpha value is -1.72. The smallest absolute Gasteiger partial charge is 0.256 e. The predicted molar refractivity (Wildman–Crippen MR) is 85.1 cm³/mol. The average Bonchev–Trinajstić information content (AvgIpc) is 2.77. The summed E-state index contributed by atoms with van der Waals surface area (Å²) in [6.07, 6.45) is 0. The van der Waals surface area contributed by atoms with Gasteiger partial charge in [-0.05, 0) is 41.1 Å². The molecule has 3 nitrogen and oxygen atoms in total. The fourth-order valence-corrected chi connectivity index (χ4v) is 4.18. The van der Waals surface area contributed by atoms with Crippen LogP contribution in [0, 0.1) is 0 Å². The minimum absolute atomic E-state index is 0.00913. The third kappa shape index (κ3) is 2.03. The first-order valence-corrected chi connectivity index (χ1v) is 7.61. The number of ketones is 1. The van der Waals surface area contributed by atoms with Crippen molar-refractivity contribution in [1.29, 1.82) is 0 Å². The Morgan fingerprint density at radius 1 is 1.15 bits per heavy atom. The summed E-state index contributed by atoms with van der Waals surface area (Å²) in [7, 11) is 0. The molecule has 0 saturated heterocycles. The molecule has 0 saturated carbocycles. The maximum absolute atomic E-state index is 12.2. The first kappa shape index (κ1) is 13.3. The van der Waals surface area contributed by atoms with Gasteiger partial charge in [-0.2, -0.15) is 0 Å². The van der Waals surface area contributed by atoms with E-state index >= 15 is 0 Å². The van der Waals surface area contributed by atoms with E-state index in [0.717, 1.165) is 20.4 Å². The zero-order valence-corrected chi connectivity index (χ0v) is 13.0. The van der Waals surface area contributed by atoms with Crippen molar-refractivity contribution >= 4 is 43.3 Å². The molecular formula is C15H10BrNO2S. The van der Waals surface area contributed by atoms with Crippen LogP contribution in [0.15, 0.2) is 51.7 Å². The molecule has 0 aliphatic heterocycles. The molecule has 0 N–H and O–H groups in total. The van der Waals surface area contributed by atoms with Crippen LogP contribution in [-0.2, 0) is 0 Å². The quantitative estimate of drug-likeness (QED) is 0.656. The molecule has 0 atom stereocenters. The number of pyridine rings is 1. The lowest BCUT2D eigenvalue weighted by Gasteiger charge is -2.06. The summed E-state index contributed by atoms with van der Waals surface area (Å²) in [4.78, 5) is 25.3. The van der Waals surface area contributed by atoms with Crippen molar-refractivity contribution in [2.75, 3.05) is 0 Å². The topological polar surface area (TPSA) is 39.1 Å². The van der Waals surface area contributed by atoms with Crippen molar-refractivity contribution in [2.24, 2.45) is 0 Å². The minimum Gasteiger partial charge on any atom is -0.294 e. The van der Waals surface area contributed by atoms with Gasteiger partial charge in [-0.3, -0.25) is 14.2 Å². The third-order valence-corrected chi connectivity index (χ3v) is 5.39. The van der Waals surface area contributed by atoms with E-state index in [9.17, 15) is 9.59 Å². The molecule has 0 unspecified atom stereocenters. The van der Waals surface area contributed by atoms with Gasteiger partial charge in [-0.15, -0.1) is 11.3 Å². The maximum Gasteiger partial charge on any atom is 0.256 e. The molecule has 0 aliphatic rings. The van der Waals surface area contributed by atoms with Crippen LogP contribution in [-0.4, -0.2) is 10.4 Å². The van der Waals surface area contributed by atoms with E-state index in [4.69, 9.17) is 0 Å². The van der Waals surface area contributed by atoms with Gasteiger partial charge in [0.15, 0.2) is 5.78 Å². The number of para-hydroxylation sites is 1. The van der Waals surface area contributed by atoms with Gasteiger partial charge in [-0.25, -0.2) is 0 Å². The number of hydrogen-bond donors (Lipinski definition) is 0. The SMILES string of the molecule is CC(=O)c1sc2c(ccc(=O)n2-c2ccccc2)c1Br. The maximum atomic E-state index is 12.2. The second-order valence-electron chi connectivity index (χ2n) is 4.36. The van der Waals surface area contributed by atoms with Gasteiger partial charge >= 0.3 is 0 Å². The molecule has 1 aromatic carbocycles. The number of carbonyl (C=O) groups excluding carboxylic acids is 1. The van der Waals surface area contributed by atoms with Crippen LogP contribution in [0.1, 0.15) is 16.6 Å². The molecule has 20 heavy (non-hydrogen) atoms. The van der Waals surface area contributed by atoms with Gasteiger partial charge in [-0.1, -0.05) is 18.2 Å². The molecule has 5 heteroatoms. The first-order valence-electron chi connectivity index (χ1n) is 6.00. The summed E-state index contributed by atoms with van der Waals surface area (Å²) in [5.74, 6) is -0.00913. The van der Waals surface area contributed by atoms with Crippen LogP contribution >= 0.6 is 27.3 Å². The summed E-state index contributed by atoms with van der Waals surface area (Å²) in [5, 5.41) is 0.878. The fourth-order valence-electron chi connectivity index (χ4n) is 2.10. The highest BCUT2D eigenvalue weighted by molar-refractivity contribution is 9.10. The number of Topliss-reactive ketones (excluding diaryl/α,β-unsaturated/α-hetero) is 1. The molecule has 2 heterocycles. The summed E-state index contributed by atoms with van der Waals surface area (Å²) in [6.45, 7) is 1.53. The van der Waals surface area contributed by atoms with Crippen molar-refractivity contribution in [3.63, 3.8) is 0 Å². The Balaban J connectivity index is 2.43. The van der Waals surface area contributed by atoms with Crippen LogP contribution in [0.5, 0.6) is 0 Å². The Labute approximate surface area is 127 Å². The van der Waals surface area contributed by atoms with E-state index < -0.39 is 0 Å². The highest BCUT2D eigenvalue weighted by Crippen LogP contribution is 2.35. The lowest BCUT2D eigenvalue weighted by Crippen LogP contribution is -2.16. The number of aromatic nitrogens is 1. The minimum atomic E-state index is -0.104. The zero-order valence-electron chi connectivity index (χ0n) is 10.6. The van der Waals surface area contributed by atoms with E-state index in [-0.39, 0.29) is 11.3 Å². The zero-order chi connectivity index (χ0) is 14.3. The van der Waals surface area contributed by atoms with Gasteiger partial charge in [0.05, 0.1) is 10.6 Å². The van der Waals surface area contributed by atoms with Crippen molar-refractivity contribution in [3.8, 4) is 5.69 Å². The number of fused-ring (bicyclic) bond motifs is 1. The van der Waals surface area contributed by atoms with Gasteiger partial charge < -0.3 is 0 Å². The number of halogens is 1. The Kier molecular flexibility index (Phi) is 3.31. The number of rotatable bonds is 2. The monoisotopic (exact) mass is 347 g/mol. The van der Waals surface area contributed by atoms with Crippen LogP contribution in [0.4, 0.5) is 0 Å². The number of thiophene rings is 1. The Morgan fingerprint density at radius 3 is 2.50 bits per heavy atom. The molecule has 0 spiro atoms. The van der Waals surface area contributed by atoms with Crippen molar-refractivity contribution in [2.45, 2.75) is 6.92 Å². The van der Waals surface area contributed by atoms with Crippen LogP contribution in [0.3, 0.4) is 0 Å². The molecule has 3 rings (SSSR count). The van der Waals surface area contributed by atoms with Crippen molar-refractivity contribution in [3.05, 3.63) is 62.2 Å². The largest absolute Gasteiger partial charge is 0.294 e. The molecule has 0 amide bonds. The van der Waals surface area contributed by atoms with E-state index in [1.807, 2.05) is 30.3 Å². The van der Waals surface area contributed by atoms with Gasteiger partial charge in [0.1, 0.15) is 4.83 Å². The first-order chi connectivity index (χ1) is 9.59. The normalized spacial score (nSPS) is 10.9. The van der Waals surface area contributed by atoms with Crippen molar-refractivity contribution in [1.82, 2.24) is 4.57 Å². The highest BCUT2D eigenvalue weighted by atomic mass is 79.9. The number of carbonyl (C=O) groups is 1. The van der Waals surface area contributed by atoms with Crippen LogP contribution < -0.4 is 5.56 Å². The average molecular weight is 348 g/mol. The van der Waals surface area contributed by atoms with Gasteiger partial charge in [0, 0.05) is 15.9 Å². The third-order valence-electron chi connectivity index (χ3n) is 3.02. The number of benzene rings is 1. The van der Waals surface area contributed by atoms with Gasteiger partial charge in [0.25, 0.3) is 5.56 Å². The highest BCUT2D eigenvalue weighted by Gasteiger charge is 2.17. The molecule has 100 valence electrons. The summed E-state index contributed by atoms with van der Waals surface area (Å²) < 4.78 is 2.40. The summed E-state index contributed by atoms with van der Waals surface area (Å²) in [6, 6.07) is 12.7. The fraction of sp³-hybridized carbons (Fsp3) is 0.0667. The Morgan fingerprint density at radius 2 is 1.85 bits per heavy atom. The second-order valence-corrected chi connectivity index (χ2v) is 6.15. The van der Waals surface area contributed by atoms with Crippen LogP contribution in [0.2, 0.25) is 0 Å². The molecule has 0 radical (unpaired) electrons. The lowest BCUT2D eigenvalue weighted by atomic mass is 10.2. The van der Waals surface area contributed by atoms with Crippen LogP contribution in [0.25, 0.3) is 15.9 Å². The molecule has 2 aromatic heterocycles. The van der Waals surface area contributed by atoms with Gasteiger partial charge in [0.2, 0.25) is 0 Å². The summed E-state index contributed by atoms with van der Waals surface area (Å²) in [5.41, 5.74) is 0.694. The standard InChI is InChI=1S/C15H10BrNO2S/c1-9(18)14-13(16)11-7-8-12(19)17(15(11)20-14)10-5-3-2-4-6-10/h2-8H,1H3. The number of hydrogen-bond acceptors (Lipinski definition) is 3. The molecular weight excluding hydrogens is 338 g/mol. The predicted octanol–water partition coefficient (Wildman–Crippen LogP) is 4.02. The van der Waals surface area contributed by atoms with E-state index in [0.29, 0.717) is 4.88 Å². The molecule has 0 fully saturated rings. The summed E-state index contributed by atoms with van der Waals surface area (Å²) >= 11 is 4.79. The van der Waals surface area contributed by atoms with E-state index in [1.54, 1.807) is 10.6 Å². The second kappa shape index (κ2) is 5.00. The van der Waals surface area contributed by atoms with Crippen molar-refractivity contribution < 1.29 is 4.79 Å². The van der Waals surface area contributed by atoms with E-state index in [1.165, 1.54) is 24.3 Å². The number of nitrogens with zero attached hydrogens (tertiary/aromatic N) is 1. The lowest BCUT2D eigenvalue weighted by molar-refractivity contribution is 0.102.